The molecule has 0 aliphatic heterocycles. The number of hydrogen-bond acceptors (Lipinski definition) is 2. The number of halogens is 1. The Hall–Kier alpha value is -0.350. The van der Waals surface area contributed by atoms with Gasteiger partial charge in [0.1, 0.15) is 0 Å². The molecule has 19 heavy (non-hydrogen) atoms. The molecule has 3 nitrogen and oxygen atoms in total. The maximum atomic E-state index is 4.54. The van der Waals surface area contributed by atoms with Gasteiger partial charge in [-0.15, -0.1) is 0 Å². The molecule has 0 saturated heterocycles. The van der Waals surface area contributed by atoms with Crippen LogP contribution < -0.4 is 5.32 Å². The monoisotopic (exact) mass is 325 g/mol. The minimum Gasteiger partial charge on any atom is -0.314 e. The largest absolute Gasteiger partial charge is 0.314 e. The molecule has 4 heteroatoms. The highest BCUT2D eigenvalue weighted by molar-refractivity contribution is 9.10. The molecule has 2 aliphatic rings. The van der Waals surface area contributed by atoms with Crippen LogP contribution in [0.15, 0.2) is 10.7 Å². The van der Waals surface area contributed by atoms with Crippen LogP contribution in [0.3, 0.4) is 0 Å². The molecular formula is C15H24BrN3. The molecule has 1 N–H and O–H groups in total. The van der Waals surface area contributed by atoms with E-state index in [-0.39, 0.29) is 0 Å². The van der Waals surface area contributed by atoms with E-state index in [9.17, 15) is 0 Å². The third-order valence-electron chi connectivity index (χ3n) is 4.53. The summed E-state index contributed by atoms with van der Waals surface area (Å²) in [5.74, 6) is 1.49. The van der Waals surface area contributed by atoms with E-state index in [0.29, 0.717) is 5.92 Å². The summed E-state index contributed by atoms with van der Waals surface area (Å²) < 4.78 is 3.44. The molecule has 2 fully saturated rings. The molecule has 1 aromatic heterocycles. The molecular weight excluding hydrogens is 302 g/mol. The van der Waals surface area contributed by atoms with Crippen molar-refractivity contribution in [1.82, 2.24) is 15.1 Å². The zero-order valence-corrected chi connectivity index (χ0v) is 13.3. The molecule has 2 saturated carbocycles. The van der Waals surface area contributed by atoms with Gasteiger partial charge in [0, 0.05) is 18.5 Å². The van der Waals surface area contributed by atoms with E-state index in [4.69, 9.17) is 0 Å². The highest BCUT2D eigenvalue weighted by Crippen LogP contribution is 2.42. The van der Waals surface area contributed by atoms with Gasteiger partial charge in [-0.2, -0.15) is 5.10 Å². The molecule has 2 atom stereocenters. The number of hydrogen-bond donors (Lipinski definition) is 1. The number of nitrogens with zero attached hydrogens (tertiary/aromatic N) is 2. The van der Waals surface area contributed by atoms with E-state index in [2.05, 4.69) is 38.0 Å². The Kier molecular flexibility index (Phi) is 4.27. The molecule has 106 valence electrons. The van der Waals surface area contributed by atoms with Crippen molar-refractivity contribution in [2.24, 2.45) is 5.92 Å². The Morgan fingerprint density at radius 2 is 2.21 bits per heavy atom. The summed E-state index contributed by atoms with van der Waals surface area (Å²) in [6, 6.07) is 0.824. The Morgan fingerprint density at radius 1 is 1.37 bits per heavy atom. The van der Waals surface area contributed by atoms with Crippen molar-refractivity contribution in [2.45, 2.75) is 64.0 Å². The number of aromatic nitrogens is 2. The third-order valence-corrected chi connectivity index (χ3v) is 5.14. The summed E-state index contributed by atoms with van der Waals surface area (Å²) in [4.78, 5) is 0. The molecule has 0 aromatic carbocycles. The maximum Gasteiger partial charge on any atom is 0.0635 e. The van der Waals surface area contributed by atoms with Crippen molar-refractivity contribution >= 4 is 15.9 Å². The molecule has 2 unspecified atom stereocenters. The van der Waals surface area contributed by atoms with Crippen molar-refractivity contribution in [1.29, 1.82) is 0 Å². The van der Waals surface area contributed by atoms with Crippen molar-refractivity contribution < 1.29 is 0 Å². The lowest BCUT2D eigenvalue weighted by Crippen LogP contribution is -2.27. The summed E-state index contributed by atoms with van der Waals surface area (Å²) >= 11 is 3.71. The standard InChI is InChI=1S/C15H24BrN3/c1-2-8-19-15(14(16)10-18-19)13-5-3-4-11(13)9-17-12-6-7-12/h10-13,17H,2-9H2,1H3. The number of nitrogens with one attached hydrogen (secondary N) is 1. The van der Waals surface area contributed by atoms with Crippen molar-refractivity contribution in [3.63, 3.8) is 0 Å². The van der Waals surface area contributed by atoms with E-state index in [1.54, 1.807) is 0 Å². The summed E-state index contributed by atoms with van der Waals surface area (Å²) in [5, 5.41) is 8.26. The predicted octanol–water partition coefficient (Wildman–Crippen LogP) is 3.69. The zero-order valence-electron chi connectivity index (χ0n) is 11.7. The highest BCUT2D eigenvalue weighted by Gasteiger charge is 2.33. The average Bonchev–Trinajstić information content (AvgIpc) is 3.01. The van der Waals surface area contributed by atoms with Crippen molar-refractivity contribution in [3.8, 4) is 0 Å². The minimum absolute atomic E-state index is 0.690. The molecule has 0 spiro atoms. The lowest BCUT2D eigenvalue weighted by atomic mass is 9.92. The Balaban J connectivity index is 1.73. The van der Waals surface area contributed by atoms with Crippen LogP contribution in [0.5, 0.6) is 0 Å². The van der Waals surface area contributed by atoms with Gasteiger partial charge < -0.3 is 5.32 Å². The first-order valence-electron chi connectivity index (χ1n) is 7.74. The highest BCUT2D eigenvalue weighted by atomic mass is 79.9. The molecule has 1 aromatic rings. The first-order valence-corrected chi connectivity index (χ1v) is 8.53. The van der Waals surface area contributed by atoms with Crippen molar-refractivity contribution in [3.05, 3.63) is 16.4 Å². The minimum atomic E-state index is 0.690. The summed E-state index contributed by atoms with van der Waals surface area (Å²) in [6.07, 6.45) is 9.96. The van der Waals surface area contributed by atoms with Gasteiger partial charge in [-0.25, -0.2) is 0 Å². The Morgan fingerprint density at radius 3 is 2.95 bits per heavy atom. The van der Waals surface area contributed by atoms with Crippen LogP contribution in [0.4, 0.5) is 0 Å². The van der Waals surface area contributed by atoms with Crippen molar-refractivity contribution in [2.75, 3.05) is 6.54 Å². The van der Waals surface area contributed by atoms with Crippen LogP contribution in [-0.2, 0) is 6.54 Å². The van der Waals surface area contributed by atoms with Crippen LogP contribution in [0, 0.1) is 5.92 Å². The first kappa shape index (κ1) is 13.6. The van der Waals surface area contributed by atoms with Crippen LogP contribution in [-0.4, -0.2) is 22.4 Å². The molecule has 0 amide bonds. The van der Waals surface area contributed by atoms with E-state index in [1.165, 1.54) is 48.8 Å². The van der Waals surface area contributed by atoms with Gasteiger partial charge in [-0.1, -0.05) is 13.3 Å². The predicted molar refractivity (Wildman–Crippen MR) is 81.3 cm³/mol. The number of aryl methyl sites for hydroxylation is 1. The van der Waals surface area contributed by atoms with Crippen LogP contribution >= 0.6 is 15.9 Å². The second-order valence-electron chi connectivity index (χ2n) is 6.08. The Bertz CT molecular complexity index is 425. The van der Waals surface area contributed by atoms with Crippen LogP contribution in [0.2, 0.25) is 0 Å². The SMILES string of the molecule is CCCn1ncc(Br)c1C1CCCC1CNC1CC1. The fourth-order valence-electron chi connectivity index (χ4n) is 3.38. The molecule has 2 aliphatic carbocycles. The van der Waals surface area contributed by atoms with Gasteiger partial charge in [0.15, 0.2) is 0 Å². The number of rotatable bonds is 6. The quantitative estimate of drug-likeness (QED) is 0.864. The fourth-order valence-corrected chi connectivity index (χ4v) is 3.97. The molecule has 0 radical (unpaired) electrons. The van der Waals surface area contributed by atoms with Gasteiger partial charge in [-0.05, 0) is 60.5 Å². The smallest absolute Gasteiger partial charge is 0.0635 e. The zero-order chi connectivity index (χ0) is 13.2. The molecule has 3 rings (SSSR count). The topological polar surface area (TPSA) is 29.9 Å². The van der Waals surface area contributed by atoms with Gasteiger partial charge in [0.2, 0.25) is 0 Å². The normalized spacial score (nSPS) is 27.1. The first-order chi connectivity index (χ1) is 9.29. The van der Waals surface area contributed by atoms with E-state index in [1.807, 2.05) is 6.20 Å². The van der Waals surface area contributed by atoms with Crippen LogP contribution in [0.1, 0.15) is 57.1 Å². The summed E-state index contributed by atoms with van der Waals surface area (Å²) in [6.45, 7) is 4.46. The van der Waals surface area contributed by atoms with Crippen LogP contribution in [0.25, 0.3) is 0 Å². The van der Waals surface area contributed by atoms with E-state index < -0.39 is 0 Å². The fraction of sp³-hybridized carbons (Fsp3) is 0.800. The lowest BCUT2D eigenvalue weighted by Gasteiger charge is -2.22. The van der Waals surface area contributed by atoms with E-state index >= 15 is 0 Å². The second kappa shape index (κ2) is 5.96. The Labute approximate surface area is 124 Å². The third kappa shape index (κ3) is 3.05. The van der Waals surface area contributed by atoms with Gasteiger partial charge in [0.25, 0.3) is 0 Å². The second-order valence-corrected chi connectivity index (χ2v) is 6.94. The molecule has 1 heterocycles. The maximum absolute atomic E-state index is 4.54. The van der Waals surface area contributed by atoms with Gasteiger partial charge >= 0.3 is 0 Å². The van der Waals surface area contributed by atoms with E-state index in [0.717, 1.165) is 24.9 Å². The summed E-state index contributed by atoms with van der Waals surface area (Å²) in [5.41, 5.74) is 1.45. The van der Waals surface area contributed by atoms with Gasteiger partial charge in [0.05, 0.1) is 16.4 Å². The summed E-state index contributed by atoms with van der Waals surface area (Å²) in [7, 11) is 0. The lowest BCUT2D eigenvalue weighted by molar-refractivity contribution is 0.415. The molecule has 0 bridgehead atoms. The van der Waals surface area contributed by atoms with Gasteiger partial charge in [-0.3, -0.25) is 4.68 Å². The average molecular weight is 326 g/mol.